The van der Waals surface area contributed by atoms with Crippen molar-refractivity contribution < 1.29 is 14.1 Å². The van der Waals surface area contributed by atoms with E-state index in [1.165, 1.54) is 6.33 Å². The molecule has 7 nitrogen and oxygen atoms in total. The molecule has 2 aliphatic rings. The van der Waals surface area contributed by atoms with Gasteiger partial charge < -0.3 is 20.3 Å². The molecule has 3 unspecified atom stereocenters. The highest BCUT2D eigenvalue weighted by molar-refractivity contribution is 5.89. The van der Waals surface area contributed by atoms with E-state index in [-0.39, 0.29) is 23.3 Å². The molecule has 1 aliphatic heterocycles. The van der Waals surface area contributed by atoms with Gasteiger partial charge in [0.25, 0.3) is 0 Å². The van der Waals surface area contributed by atoms with Crippen molar-refractivity contribution in [2.24, 2.45) is 17.1 Å². The summed E-state index contributed by atoms with van der Waals surface area (Å²) in [7, 11) is 0. The third-order valence-electron chi connectivity index (χ3n) is 5.09. The van der Waals surface area contributed by atoms with Crippen molar-refractivity contribution in [3.63, 3.8) is 0 Å². The second kappa shape index (κ2) is 5.06. The van der Waals surface area contributed by atoms with Gasteiger partial charge in [-0.05, 0) is 12.8 Å². The van der Waals surface area contributed by atoms with Crippen LogP contribution in [0.5, 0.6) is 0 Å². The summed E-state index contributed by atoms with van der Waals surface area (Å²) in [5.74, 6) is 0.497. The first-order valence-electron chi connectivity index (χ1n) is 7.42. The SMILES string of the molecule is CC1(C)C2OCCCC2C1(N)C(=O)NCCc1ncno1. The van der Waals surface area contributed by atoms with Crippen LogP contribution in [0.4, 0.5) is 0 Å². The van der Waals surface area contributed by atoms with Crippen LogP contribution in [-0.4, -0.2) is 40.8 Å². The largest absolute Gasteiger partial charge is 0.377 e. The fourth-order valence-corrected chi connectivity index (χ4v) is 3.77. The number of nitrogens with two attached hydrogens (primary N) is 1. The molecule has 1 amide bonds. The maximum atomic E-state index is 12.6. The minimum absolute atomic E-state index is 0.0814. The molecule has 7 heteroatoms. The number of fused-ring (bicyclic) bond motifs is 1. The summed E-state index contributed by atoms with van der Waals surface area (Å²) < 4.78 is 10.7. The lowest BCUT2D eigenvalue weighted by atomic mass is 9.46. The van der Waals surface area contributed by atoms with E-state index in [2.05, 4.69) is 15.5 Å². The lowest BCUT2D eigenvalue weighted by Crippen LogP contribution is -2.82. The number of hydrogen-bond donors (Lipinski definition) is 2. The lowest BCUT2D eigenvalue weighted by Gasteiger charge is -2.65. The number of aromatic nitrogens is 2. The van der Waals surface area contributed by atoms with Crippen molar-refractivity contribution in [2.45, 2.75) is 44.8 Å². The second-order valence-corrected chi connectivity index (χ2v) is 6.47. The number of nitrogens with zero attached hydrogens (tertiary/aromatic N) is 2. The van der Waals surface area contributed by atoms with E-state index < -0.39 is 5.54 Å². The first kappa shape index (κ1) is 14.5. The smallest absolute Gasteiger partial charge is 0.241 e. The summed E-state index contributed by atoms with van der Waals surface area (Å²) in [6.45, 7) is 5.22. The van der Waals surface area contributed by atoms with Gasteiger partial charge in [-0.1, -0.05) is 19.0 Å². The highest BCUT2D eigenvalue weighted by Crippen LogP contribution is 2.57. The molecule has 21 heavy (non-hydrogen) atoms. The van der Waals surface area contributed by atoms with Crippen molar-refractivity contribution in [1.82, 2.24) is 15.5 Å². The first-order chi connectivity index (χ1) is 9.98. The number of carbonyl (C=O) groups excluding carboxylic acids is 1. The van der Waals surface area contributed by atoms with Gasteiger partial charge in [0.05, 0.1) is 6.10 Å². The molecule has 0 radical (unpaired) electrons. The normalized spacial score (nSPS) is 33.9. The molecule has 2 heterocycles. The Morgan fingerprint density at radius 2 is 2.38 bits per heavy atom. The number of ether oxygens (including phenoxy) is 1. The van der Waals surface area contributed by atoms with E-state index >= 15 is 0 Å². The van der Waals surface area contributed by atoms with E-state index in [1.807, 2.05) is 13.8 Å². The Kier molecular flexibility index (Phi) is 3.49. The fraction of sp³-hybridized carbons (Fsp3) is 0.786. The average molecular weight is 294 g/mol. The third-order valence-corrected chi connectivity index (χ3v) is 5.09. The van der Waals surface area contributed by atoms with Crippen LogP contribution in [0.3, 0.4) is 0 Å². The maximum Gasteiger partial charge on any atom is 0.241 e. The summed E-state index contributed by atoms with van der Waals surface area (Å²) in [4.78, 5) is 16.5. The van der Waals surface area contributed by atoms with Gasteiger partial charge >= 0.3 is 0 Å². The average Bonchev–Trinajstić information content (AvgIpc) is 2.99. The van der Waals surface area contributed by atoms with Crippen molar-refractivity contribution in [2.75, 3.05) is 13.2 Å². The van der Waals surface area contributed by atoms with E-state index in [1.54, 1.807) is 0 Å². The van der Waals surface area contributed by atoms with Gasteiger partial charge in [-0.3, -0.25) is 4.79 Å². The summed E-state index contributed by atoms with van der Waals surface area (Å²) in [5.41, 5.74) is 5.27. The number of nitrogens with one attached hydrogen (secondary N) is 1. The Labute approximate surface area is 123 Å². The molecule has 116 valence electrons. The predicted molar refractivity (Wildman–Crippen MR) is 74.2 cm³/mol. The molecule has 1 aliphatic carbocycles. The van der Waals surface area contributed by atoms with Crippen molar-refractivity contribution in [3.8, 4) is 0 Å². The molecule has 0 spiro atoms. The van der Waals surface area contributed by atoms with Gasteiger partial charge in [-0.25, -0.2) is 0 Å². The molecule has 3 rings (SSSR count). The van der Waals surface area contributed by atoms with Crippen LogP contribution in [0.2, 0.25) is 0 Å². The maximum absolute atomic E-state index is 12.6. The number of carbonyl (C=O) groups is 1. The Hall–Kier alpha value is -1.47. The molecule has 1 aromatic rings. The van der Waals surface area contributed by atoms with Crippen LogP contribution in [0, 0.1) is 11.3 Å². The van der Waals surface area contributed by atoms with Crippen molar-refractivity contribution >= 4 is 5.91 Å². The molecule has 1 aromatic heterocycles. The zero-order valence-corrected chi connectivity index (χ0v) is 12.5. The summed E-state index contributed by atoms with van der Waals surface area (Å²) in [6.07, 6.45) is 3.85. The topological polar surface area (TPSA) is 103 Å². The molecular formula is C14H22N4O3. The third kappa shape index (κ3) is 2.06. The molecule has 3 N–H and O–H groups in total. The predicted octanol–water partition coefficient (Wildman–Crippen LogP) is 0.261. The Morgan fingerprint density at radius 1 is 1.57 bits per heavy atom. The molecule has 3 atom stereocenters. The summed E-state index contributed by atoms with van der Waals surface area (Å²) in [5, 5.41) is 6.44. The zero-order valence-electron chi connectivity index (χ0n) is 12.5. The molecular weight excluding hydrogens is 272 g/mol. The molecule has 0 bridgehead atoms. The van der Waals surface area contributed by atoms with Crippen LogP contribution < -0.4 is 11.1 Å². The quantitative estimate of drug-likeness (QED) is 0.825. The zero-order chi connectivity index (χ0) is 15.1. The van der Waals surface area contributed by atoms with Crippen LogP contribution in [0.25, 0.3) is 0 Å². The van der Waals surface area contributed by atoms with E-state index in [0.717, 1.165) is 19.4 Å². The highest BCUT2D eigenvalue weighted by atomic mass is 16.5. The fourth-order valence-electron chi connectivity index (χ4n) is 3.77. The Morgan fingerprint density at radius 3 is 3.10 bits per heavy atom. The number of amides is 1. The van der Waals surface area contributed by atoms with Crippen LogP contribution >= 0.6 is 0 Å². The molecule has 2 fully saturated rings. The number of hydrogen-bond acceptors (Lipinski definition) is 6. The highest BCUT2D eigenvalue weighted by Gasteiger charge is 2.70. The molecule has 1 saturated carbocycles. The van der Waals surface area contributed by atoms with Crippen LogP contribution in [-0.2, 0) is 16.0 Å². The minimum Gasteiger partial charge on any atom is -0.377 e. The van der Waals surface area contributed by atoms with E-state index in [0.29, 0.717) is 18.9 Å². The second-order valence-electron chi connectivity index (χ2n) is 6.47. The van der Waals surface area contributed by atoms with Gasteiger partial charge in [0, 0.05) is 30.9 Å². The van der Waals surface area contributed by atoms with Gasteiger partial charge in [0.15, 0.2) is 6.33 Å². The molecule has 0 aromatic carbocycles. The van der Waals surface area contributed by atoms with E-state index in [4.69, 9.17) is 15.0 Å². The van der Waals surface area contributed by atoms with Gasteiger partial charge in [0.2, 0.25) is 11.8 Å². The minimum atomic E-state index is -0.868. The summed E-state index contributed by atoms with van der Waals surface area (Å²) in [6, 6.07) is 0. The lowest BCUT2D eigenvalue weighted by molar-refractivity contribution is -0.225. The Balaban J connectivity index is 1.62. The van der Waals surface area contributed by atoms with Crippen molar-refractivity contribution in [3.05, 3.63) is 12.2 Å². The van der Waals surface area contributed by atoms with Gasteiger partial charge in [0.1, 0.15) is 5.54 Å². The van der Waals surface area contributed by atoms with Gasteiger partial charge in [-0.15, -0.1) is 0 Å². The Bertz CT molecular complexity index is 516. The standard InChI is InChI=1S/C14H22N4O3/c1-13(2)11-9(4-3-7-20-11)14(13,15)12(19)16-6-5-10-17-8-18-21-10/h8-9,11H,3-7,15H2,1-2H3,(H,16,19). The van der Waals surface area contributed by atoms with Crippen LogP contribution in [0.1, 0.15) is 32.6 Å². The van der Waals surface area contributed by atoms with Gasteiger partial charge in [-0.2, -0.15) is 4.98 Å². The number of rotatable bonds is 4. The van der Waals surface area contributed by atoms with E-state index in [9.17, 15) is 4.79 Å². The van der Waals surface area contributed by atoms with Crippen molar-refractivity contribution in [1.29, 1.82) is 0 Å². The first-order valence-corrected chi connectivity index (χ1v) is 7.42. The monoisotopic (exact) mass is 294 g/mol. The molecule has 1 saturated heterocycles. The summed E-state index contributed by atoms with van der Waals surface area (Å²) >= 11 is 0. The van der Waals surface area contributed by atoms with Crippen LogP contribution in [0.15, 0.2) is 10.9 Å².